The Morgan fingerprint density at radius 2 is 2.19 bits per heavy atom. The van der Waals surface area contributed by atoms with E-state index in [1.54, 1.807) is 62.2 Å². The summed E-state index contributed by atoms with van der Waals surface area (Å²) in [7, 11) is 0. The zero-order valence-electron chi connectivity index (χ0n) is 12.0. The summed E-state index contributed by atoms with van der Waals surface area (Å²) in [6.07, 6.45) is 2.83. The molecule has 8 heteroatoms. The van der Waals surface area contributed by atoms with Gasteiger partial charge in [-0.15, -0.1) is 0 Å². The highest BCUT2D eigenvalue weighted by molar-refractivity contribution is 14.1. The molecule has 0 aliphatic heterocycles. The Morgan fingerprint density at radius 3 is 2.71 bits per heavy atom. The van der Waals surface area contributed by atoms with Gasteiger partial charge >= 0.3 is 6.09 Å². The van der Waals surface area contributed by atoms with Gasteiger partial charge in [0.2, 0.25) is 0 Å². The van der Waals surface area contributed by atoms with Crippen molar-refractivity contribution >= 4 is 45.0 Å². The molecule has 1 rings (SSSR count). The van der Waals surface area contributed by atoms with Crippen LogP contribution in [0.5, 0.6) is 0 Å². The molecule has 0 saturated heterocycles. The molecule has 1 atom stereocenters. The molecule has 1 aromatic heterocycles. The number of nitrogens with zero attached hydrogens (tertiary/aromatic N) is 2. The van der Waals surface area contributed by atoms with Crippen LogP contribution in [0.3, 0.4) is 0 Å². The number of ether oxygens (including phenoxy) is 1. The summed E-state index contributed by atoms with van der Waals surface area (Å²) < 4.78 is 10.9. The summed E-state index contributed by atoms with van der Waals surface area (Å²) in [4.78, 5) is 16.1. The molecule has 0 saturated carbocycles. The van der Waals surface area contributed by atoms with Crippen molar-refractivity contribution in [2.45, 2.75) is 38.8 Å². The van der Waals surface area contributed by atoms with E-state index in [1.165, 1.54) is 0 Å². The van der Waals surface area contributed by atoms with E-state index in [9.17, 15) is 10.0 Å². The highest BCUT2D eigenvalue weighted by Crippen LogP contribution is 2.26. The van der Waals surface area contributed by atoms with Gasteiger partial charge in [0, 0.05) is 16.9 Å². The predicted molar refractivity (Wildman–Crippen MR) is 89.1 cm³/mol. The Morgan fingerprint density at radius 1 is 1.52 bits per heavy atom. The lowest BCUT2D eigenvalue weighted by Gasteiger charge is -2.28. The van der Waals surface area contributed by atoms with Crippen LogP contribution in [0.1, 0.15) is 38.8 Å². The number of hydrogen-bond donors (Lipinski definition) is 1. The van der Waals surface area contributed by atoms with Crippen LogP contribution in [0.2, 0.25) is 0 Å². The summed E-state index contributed by atoms with van der Waals surface area (Å²) in [6.45, 7) is 5.59. The van der Waals surface area contributed by atoms with Crippen LogP contribution in [0.4, 0.5) is 4.79 Å². The molecule has 0 aliphatic rings. The zero-order valence-corrected chi connectivity index (χ0v) is 15.8. The third-order valence-corrected chi connectivity index (χ3v) is 3.33. The minimum atomic E-state index is -0.805. The van der Waals surface area contributed by atoms with E-state index in [0.29, 0.717) is 23.7 Å². The number of rotatable bonds is 5. The minimum absolute atomic E-state index is 0.373. The topological polar surface area (TPSA) is 71.9 Å². The third kappa shape index (κ3) is 6.45. The number of hydroxylamine groups is 2. The lowest BCUT2D eigenvalue weighted by Crippen LogP contribution is -2.37. The number of aromatic nitrogens is 1. The molecule has 1 aromatic rings. The second-order valence-corrected chi connectivity index (χ2v) is 6.92. The Hall–Kier alpha value is -0.450. The highest BCUT2D eigenvalue weighted by Gasteiger charge is 2.28. The average molecular weight is 473 g/mol. The van der Waals surface area contributed by atoms with E-state index in [2.05, 4.69) is 20.9 Å². The van der Waals surface area contributed by atoms with Gasteiger partial charge in [0.05, 0.1) is 12.6 Å². The molecule has 0 unspecified atom stereocenters. The zero-order chi connectivity index (χ0) is 16.0. The summed E-state index contributed by atoms with van der Waals surface area (Å²) in [5.41, 5.74) is 0.00364. The summed E-state index contributed by atoms with van der Waals surface area (Å²) >= 11 is 5.09. The summed E-state index contributed by atoms with van der Waals surface area (Å²) in [6, 6.07) is 1.19. The summed E-state index contributed by atoms with van der Waals surface area (Å²) in [5.74, 6) is 0. The first-order valence-corrected chi connectivity index (χ1v) is 7.97. The van der Waals surface area contributed by atoms with Gasteiger partial charge in [-0.2, -0.15) is 5.06 Å². The van der Waals surface area contributed by atoms with Crippen LogP contribution in [-0.2, 0) is 7.80 Å². The molecule has 6 nitrogen and oxygen atoms in total. The SMILES string of the molecule is CC(C)(C)OC(=O)N(O)[C@@H](CCOI)c1cncc(Br)c1. The molecule has 0 bridgehead atoms. The van der Waals surface area contributed by atoms with Gasteiger partial charge in [-0.3, -0.25) is 10.2 Å². The van der Waals surface area contributed by atoms with Crippen molar-refractivity contribution in [3.8, 4) is 0 Å². The number of carbonyl (C=O) groups is 1. The van der Waals surface area contributed by atoms with Crippen LogP contribution < -0.4 is 0 Å². The van der Waals surface area contributed by atoms with Gasteiger partial charge in [-0.25, -0.2) is 4.79 Å². The van der Waals surface area contributed by atoms with E-state index < -0.39 is 17.7 Å². The van der Waals surface area contributed by atoms with E-state index in [1.807, 2.05) is 0 Å². The quantitative estimate of drug-likeness (QED) is 0.393. The molecule has 21 heavy (non-hydrogen) atoms. The van der Waals surface area contributed by atoms with Crippen molar-refractivity contribution < 1.29 is 17.8 Å². The first-order valence-electron chi connectivity index (χ1n) is 6.29. The average Bonchev–Trinajstić information content (AvgIpc) is 2.37. The van der Waals surface area contributed by atoms with Gasteiger partial charge in [-0.05, 0) is 54.8 Å². The van der Waals surface area contributed by atoms with Crippen LogP contribution in [-0.4, -0.2) is 33.6 Å². The summed E-state index contributed by atoms with van der Waals surface area (Å²) in [5, 5.41) is 10.8. The lowest BCUT2D eigenvalue weighted by molar-refractivity contribution is -0.124. The first kappa shape index (κ1) is 18.6. The largest absolute Gasteiger partial charge is 0.442 e. The molecule has 0 radical (unpaired) electrons. The van der Waals surface area contributed by atoms with E-state index in [4.69, 9.17) is 7.80 Å². The maximum absolute atomic E-state index is 12.0. The number of halogens is 2. The van der Waals surface area contributed by atoms with Gasteiger partial charge in [0.1, 0.15) is 28.6 Å². The molecule has 1 N–H and O–H groups in total. The van der Waals surface area contributed by atoms with Gasteiger partial charge in [0.25, 0.3) is 0 Å². The Kier molecular flexibility index (Phi) is 7.31. The van der Waals surface area contributed by atoms with Crippen molar-refractivity contribution in [3.63, 3.8) is 0 Å². The smallest absolute Gasteiger partial charge is 0.434 e. The fourth-order valence-electron chi connectivity index (χ4n) is 1.63. The predicted octanol–water partition coefficient (Wildman–Crippen LogP) is 4.27. The number of hydrogen-bond acceptors (Lipinski definition) is 5. The Balaban J connectivity index is 2.93. The van der Waals surface area contributed by atoms with Gasteiger partial charge in [0.15, 0.2) is 0 Å². The van der Waals surface area contributed by atoms with Crippen molar-refractivity contribution in [1.29, 1.82) is 0 Å². The Labute approximate surface area is 146 Å². The first-order chi connectivity index (χ1) is 9.74. The molecule has 118 valence electrons. The Bertz CT molecular complexity index is 481. The van der Waals surface area contributed by atoms with Crippen molar-refractivity contribution in [1.82, 2.24) is 10.0 Å². The second-order valence-electron chi connectivity index (χ2n) is 5.38. The molecular weight excluding hydrogens is 455 g/mol. The monoisotopic (exact) mass is 472 g/mol. The normalized spacial score (nSPS) is 12.9. The second kappa shape index (κ2) is 8.25. The molecular formula is C13H18BrIN2O4. The van der Waals surface area contributed by atoms with Crippen LogP contribution in [0, 0.1) is 0 Å². The van der Waals surface area contributed by atoms with E-state index in [-0.39, 0.29) is 0 Å². The number of pyridine rings is 1. The fraction of sp³-hybridized carbons (Fsp3) is 0.538. The third-order valence-electron chi connectivity index (χ3n) is 2.46. The molecule has 1 amide bonds. The number of carbonyl (C=O) groups excluding carboxylic acids is 1. The maximum atomic E-state index is 12.0. The molecule has 0 aliphatic carbocycles. The number of amides is 1. The lowest BCUT2D eigenvalue weighted by atomic mass is 10.1. The highest BCUT2D eigenvalue weighted by atomic mass is 127. The van der Waals surface area contributed by atoms with Crippen LogP contribution in [0.25, 0.3) is 0 Å². The van der Waals surface area contributed by atoms with Gasteiger partial charge in [-0.1, -0.05) is 0 Å². The van der Waals surface area contributed by atoms with E-state index in [0.717, 1.165) is 4.47 Å². The molecule has 0 aromatic carbocycles. The van der Waals surface area contributed by atoms with Gasteiger partial charge < -0.3 is 7.80 Å². The van der Waals surface area contributed by atoms with Crippen molar-refractivity contribution in [2.24, 2.45) is 0 Å². The van der Waals surface area contributed by atoms with Crippen molar-refractivity contribution in [3.05, 3.63) is 28.5 Å². The molecule has 0 fully saturated rings. The van der Waals surface area contributed by atoms with Crippen LogP contribution in [0.15, 0.2) is 22.9 Å². The molecule has 0 spiro atoms. The maximum Gasteiger partial charge on any atom is 0.434 e. The minimum Gasteiger partial charge on any atom is -0.442 e. The van der Waals surface area contributed by atoms with E-state index >= 15 is 0 Å². The molecule has 1 heterocycles. The standard InChI is InChI=1S/C13H18BrIN2O4/c1-13(2,3)21-12(18)17(19)11(4-5-20-15)9-6-10(14)8-16-7-9/h6-8,11,19H,4-5H2,1-3H3/t11-/m0/s1. The van der Waals surface area contributed by atoms with Crippen molar-refractivity contribution in [2.75, 3.05) is 6.61 Å². The van der Waals surface area contributed by atoms with Crippen LogP contribution >= 0.6 is 38.9 Å². The fourth-order valence-corrected chi connectivity index (χ4v) is 2.27.